The first-order valence-corrected chi connectivity index (χ1v) is 9.23. The fourth-order valence-corrected chi connectivity index (χ4v) is 3.68. The molecule has 3 heterocycles. The van der Waals surface area contributed by atoms with Gasteiger partial charge in [0.25, 0.3) is 5.56 Å². The van der Waals surface area contributed by atoms with Gasteiger partial charge in [0.2, 0.25) is 0 Å². The number of aryl methyl sites for hydroxylation is 1. The molecular formula is C21H22N4O. The zero-order chi connectivity index (χ0) is 17.8. The number of nitrogens with zero attached hydrogens (tertiary/aromatic N) is 4. The summed E-state index contributed by atoms with van der Waals surface area (Å²) in [5, 5.41) is 0. The van der Waals surface area contributed by atoms with Crippen molar-refractivity contribution in [3.8, 4) is 11.4 Å². The molecule has 1 aliphatic rings. The predicted molar refractivity (Wildman–Crippen MR) is 101 cm³/mol. The number of fused-ring (bicyclic) bond motifs is 1. The van der Waals surface area contributed by atoms with Crippen molar-refractivity contribution in [3.05, 3.63) is 76.7 Å². The molecule has 0 fully saturated rings. The van der Waals surface area contributed by atoms with Crippen LogP contribution in [0.5, 0.6) is 0 Å². The van der Waals surface area contributed by atoms with E-state index in [1.54, 1.807) is 18.3 Å². The lowest BCUT2D eigenvalue weighted by molar-refractivity contribution is 0.537. The fourth-order valence-electron chi connectivity index (χ4n) is 3.68. The second kappa shape index (κ2) is 7.60. The van der Waals surface area contributed by atoms with E-state index in [4.69, 9.17) is 4.98 Å². The Morgan fingerprint density at radius 2 is 1.96 bits per heavy atom. The van der Waals surface area contributed by atoms with Crippen LogP contribution in [-0.2, 0) is 13.0 Å². The topological polar surface area (TPSA) is 60.7 Å². The summed E-state index contributed by atoms with van der Waals surface area (Å²) in [6, 6.07) is 13.9. The van der Waals surface area contributed by atoms with Crippen molar-refractivity contribution in [1.82, 2.24) is 19.5 Å². The lowest BCUT2D eigenvalue weighted by atomic mass is 9.94. The van der Waals surface area contributed by atoms with Gasteiger partial charge in [0.15, 0.2) is 0 Å². The maximum atomic E-state index is 12.7. The summed E-state index contributed by atoms with van der Waals surface area (Å²) in [6.45, 7) is 0.757. The number of hydrogen-bond donors (Lipinski definition) is 0. The standard InChI is InChI=1S/C21H22N4O/c26-20-14-19(18-11-12-22-15-23-18)24-21-17(8-4-5-13-25(20)21)10-9-16-6-2-1-3-7-16/h1-3,6-7,11-12,14-15,17H,4-5,8-10,13H2. The molecule has 1 aromatic carbocycles. The maximum absolute atomic E-state index is 12.7. The molecule has 0 N–H and O–H groups in total. The Hall–Kier alpha value is -2.82. The third-order valence-electron chi connectivity index (χ3n) is 5.06. The first-order valence-electron chi connectivity index (χ1n) is 9.23. The maximum Gasteiger partial charge on any atom is 0.254 e. The van der Waals surface area contributed by atoms with Gasteiger partial charge in [-0.25, -0.2) is 15.0 Å². The summed E-state index contributed by atoms with van der Waals surface area (Å²) in [6.07, 6.45) is 8.41. The lowest BCUT2D eigenvalue weighted by Crippen LogP contribution is -2.25. The Bertz CT molecular complexity index is 922. The molecule has 0 bridgehead atoms. The molecule has 0 radical (unpaired) electrons. The molecular weight excluding hydrogens is 324 g/mol. The van der Waals surface area contributed by atoms with E-state index in [1.165, 1.54) is 11.9 Å². The second-order valence-electron chi connectivity index (χ2n) is 6.80. The van der Waals surface area contributed by atoms with Gasteiger partial charge < -0.3 is 0 Å². The Kier molecular flexibility index (Phi) is 4.86. The molecule has 1 atom stereocenters. The third-order valence-corrected chi connectivity index (χ3v) is 5.06. The van der Waals surface area contributed by atoms with Crippen molar-refractivity contribution < 1.29 is 0 Å². The van der Waals surface area contributed by atoms with Crippen molar-refractivity contribution in [3.63, 3.8) is 0 Å². The van der Waals surface area contributed by atoms with Crippen LogP contribution in [0.15, 0.2) is 59.8 Å². The van der Waals surface area contributed by atoms with Crippen LogP contribution in [0.25, 0.3) is 11.4 Å². The van der Waals surface area contributed by atoms with E-state index >= 15 is 0 Å². The molecule has 132 valence electrons. The molecule has 4 rings (SSSR count). The summed E-state index contributed by atoms with van der Waals surface area (Å²) in [5.74, 6) is 1.21. The minimum Gasteiger partial charge on any atom is -0.296 e. The second-order valence-corrected chi connectivity index (χ2v) is 6.80. The highest BCUT2D eigenvalue weighted by molar-refractivity contribution is 5.52. The van der Waals surface area contributed by atoms with E-state index in [9.17, 15) is 4.79 Å². The highest BCUT2D eigenvalue weighted by atomic mass is 16.1. The van der Waals surface area contributed by atoms with Gasteiger partial charge in [-0.15, -0.1) is 0 Å². The van der Waals surface area contributed by atoms with Crippen molar-refractivity contribution in [2.24, 2.45) is 0 Å². The Balaban J connectivity index is 1.68. The average molecular weight is 346 g/mol. The molecule has 2 aromatic heterocycles. The van der Waals surface area contributed by atoms with E-state index in [-0.39, 0.29) is 5.56 Å². The number of rotatable bonds is 4. The Morgan fingerprint density at radius 3 is 2.77 bits per heavy atom. The zero-order valence-electron chi connectivity index (χ0n) is 14.7. The molecule has 1 aliphatic heterocycles. The molecule has 0 saturated heterocycles. The molecule has 0 saturated carbocycles. The quantitative estimate of drug-likeness (QED) is 0.724. The van der Waals surface area contributed by atoms with Gasteiger partial charge in [-0.1, -0.05) is 36.8 Å². The van der Waals surface area contributed by atoms with Crippen molar-refractivity contribution in [2.75, 3.05) is 0 Å². The van der Waals surface area contributed by atoms with Gasteiger partial charge in [-0.3, -0.25) is 9.36 Å². The monoisotopic (exact) mass is 346 g/mol. The van der Waals surface area contributed by atoms with Crippen molar-refractivity contribution >= 4 is 0 Å². The SMILES string of the molecule is O=c1cc(-c2ccncn2)nc2n1CCCCC2CCc1ccccc1. The zero-order valence-corrected chi connectivity index (χ0v) is 14.7. The summed E-state index contributed by atoms with van der Waals surface area (Å²) in [7, 11) is 0. The predicted octanol–water partition coefficient (Wildman–Crippen LogP) is 3.60. The Labute approximate surface area is 152 Å². The minimum absolute atomic E-state index is 0.0234. The smallest absolute Gasteiger partial charge is 0.254 e. The molecule has 1 unspecified atom stereocenters. The molecule has 3 aromatic rings. The number of hydrogen-bond acceptors (Lipinski definition) is 4. The largest absolute Gasteiger partial charge is 0.296 e. The first-order chi connectivity index (χ1) is 12.8. The minimum atomic E-state index is 0.0234. The van der Waals surface area contributed by atoms with Crippen LogP contribution in [0.4, 0.5) is 0 Å². The highest BCUT2D eigenvalue weighted by Crippen LogP contribution is 2.29. The number of benzene rings is 1. The summed E-state index contributed by atoms with van der Waals surface area (Å²) >= 11 is 0. The van der Waals surface area contributed by atoms with E-state index in [0.717, 1.165) is 44.5 Å². The van der Waals surface area contributed by atoms with Crippen LogP contribution >= 0.6 is 0 Å². The molecule has 26 heavy (non-hydrogen) atoms. The van der Waals surface area contributed by atoms with Crippen LogP contribution < -0.4 is 5.56 Å². The van der Waals surface area contributed by atoms with Crippen LogP contribution in [0.3, 0.4) is 0 Å². The fraction of sp³-hybridized carbons (Fsp3) is 0.333. The van der Waals surface area contributed by atoms with Gasteiger partial charge in [0.1, 0.15) is 12.2 Å². The normalized spacial score (nSPS) is 16.7. The van der Waals surface area contributed by atoms with Crippen LogP contribution in [0, 0.1) is 0 Å². The molecule has 5 nitrogen and oxygen atoms in total. The van der Waals surface area contributed by atoms with Gasteiger partial charge in [0.05, 0.1) is 11.4 Å². The first kappa shape index (κ1) is 16.6. The molecule has 0 spiro atoms. The summed E-state index contributed by atoms with van der Waals surface area (Å²) < 4.78 is 1.87. The number of aromatic nitrogens is 4. The van der Waals surface area contributed by atoms with Crippen molar-refractivity contribution in [2.45, 2.75) is 44.6 Å². The third kappa shape index (κ3) is 3.57. The van der Waals surface area contributed by atoms with Crippen LogP contribution in [0.1, 0.15) is 43.0 Å². The van der Waals surface area contributed by atoms with E-state index in [0.29, 0.717) is 17.3 Å². The van der Waals surface area contributed by atoms with Gasteiger partial charge in [-0.05, 0) is 37.3 Å². The molecule has 0 amide bonds. The van der Waals surface area contributed by atoms with Gasteiger partial charge in [0, 0.05) is 24.7 Å². The molecule has 5 heteroatoms. The van der Waals surface area contributed by atoms with E-state index < -0.39 is 0 Å². The Morgan fingerprint density at radius 1 is 1.08 bits per heavy atom. The molecule has 0 aliphatic carbocycles. The van der Waals surface area contributed by atoms with Gasteiger partial charge >= 0.3 is 0 Å². The van der Waals surface area contributed by atoms with Crippen LogP contribution in [0.2, 0.25) is 0 Å². The van der Waals surface area contributed by atoms with E-state index in [2.05, 4.69) is 34.2 Å². The summed E-state index contributed by atoms with van der Waals surface area (Å²) in [4.78, 5) is 25.8. The summed E-state index contributed by atoms with van der Waals surface area (Å²) in [5.41, 5.74) is 2.70. The van der Waals surface area contributed by atoms with Crippen molar-refractivity contribution in [1.29, 1.82) is 0 Å². The van der Waals surface area contributed by atoms with Gasteiger partial charge in [-0.2, -0.15) is 0 Å². The highest BCUT2D eigenvalue weighted by Gasteiger charge is 2.22. The van der Waals surface area contributed by atoms with Crippen LogP contribution in [-0.4, -0.2) is 19.5 Å². The lowest BCUT2D eigenvalue weighted by Gasteiger charge is -2.18. The van der Waals surface area contributed by atoms with E-state index in [1.807, 2.05) is 10.6 Å². The average Bonchev–Trinajstić information content (AvgIpc) is 2.90.